The van der Waals surface area contributed by atoms with Crippen molar-refractivity contribution in [3.05, 3.63) is 35.7 Å². The Bertz CT molecular complexity index is 682. The highest BCUT2D eigenvalue weighted by Crippen LogP contribution is 2.21. The van der Waals surface area contributed by atoms with Crippen LogP contribution in [0.15, 0.2) is 24.5 Å². The van der Waals surface area contributed by atoms with Crippen LogP contribution in [0.3, 0.4) is 0 Å². The third-order valence-corrected chi connectivity index (χ3v) is 4.31. The van der Waals surface area contributed by atoms with Gasteiger partial charge in [-0.05, 0) is 36.2 Å². The van der Waals surface area contributed by atoms with Gasteiger partial charge < -0.3 is 20.9 Å². The van der Waals surface area contributed by atoms with Crippen molar-refractivity contribution in [1.82, 2.24) is 25.6 Å². The summed E-state index contributed by atoms with van der Waals surface area (Å²) in [6.45, 7) is 5.76. The molecule has 1 aromatic carbocycles. The largest absolute Gasteiger partial charge is 0.338 e. The molecule has 120 valence electrons. The molecule has 0 aliphatic carbocycles. The number of rotatable bonds is 3. The molecule has 0 radical (unpaired) electrons. The van der Waals surface area contributed by atoms with E-state index in [4.69, 9.17) is 0 Å². The van der Waals surface area contributed by atoms with E-state index in [1.807, 2.05) is 0 Å². The van der Waals surface area contributed by atoms with Crippen molar-refractivity contribution in [3.8, 4) is 0 Å². The Morgan fingerprint density at radius 2 is 1.91 bits per heavy atom. The summed E-state index contributed by atoms with van der Waals surface area (Å²) >= 11 is 0. The standard InChI is InChI=1S/C16H21N7/c1-2-14(9-13-10-18-4-3-12(1)13)21-15-19-11-20-16(22-15)23-7-5-17-6-8-23/h1-2,9,11,17-18H,3-8,10H2,(H,19,20,21,22). The van der Waals surface area contributed by atoms with Gasteiger partial charge in [-0.15, -0.1) is 0 Å². The highest BCUT2D eigenvalue weighted by molar-refractivity contribution is 5.57. The molecule has 2 aliphatic rings. The molecule has 0 bridgehead atoms. The fraction of sp³-hybridized carbons (Fsp3) is 0.438. The molecule has 0 amide bonds. The van der Waals surface area contributed by atoms with Crippen molar-refractivity contribution in [2.75, 3.05) is 42.9 Å². The smallest absolute Gasteiger partial charge is 0.231 e. The third-order valence-electron chi connectivity index (χ3n) is 4.31. The summed E-state index contributed by atoms with van der Waals surface area (Å²) in [4.78, 5) is 15.3. The molecule has 1 aromatic heterocycles. The van der Waals surface area contributed by atoms with Gasteiger partial charge in [-0.1, -0.05) is 6.07 Å². The monoisotopic (exact) mass is 311 g/mol. The number of benzene rings is 1. The molecule has 1 saturated heterocycles. The van der Waals surface area contributed by atoms with Crippen LogP contribution in [-0.2, 0) is 13.0 Å². The Morgan fingerprint density at radius 1 is 1.00 bits per heavy atom. The zero-order valence-electron chi connectivity index (χ0n) is 13.0. The van der Waals surface area contributed by atoms with Gasteiger partial charge in [0.15, 0.2) is 0 Å². The average Bonchev–Trinajstić information content (AvgIpc) is 2.63. The summed E-state index contributed by atoms with van der Waals surface area (Å²) in [6.07, 6.45) is 2.67. The van der Waals surface area contributed by atoms with Crippen LogP contribution in [0.2, 0.25) is 0 Å². The molecule has 4 rings (SSSR count). The number of hydrogen-bond acceptors (Lipinski definition) is 7. The predicted octanol–water partition coefficient (Wildman–Crippen LogP) is 0.670. The summed E-state index contributed by atoms with van der Waals surface area (Å²) in [5.74, 6) is 1.33. The van der Waals surface area contributed by atoms with E-state index in [0.29, 0.717) is 5.95 Å². The maximum absolute atomic E-state index is 4.55. The molecule has 0 unspecified atom stereocenters. The molecule has 0 spiro atoms. The Labute approximate surface area is 135 Å². The molecule has 2 aliphatic heterocycles. The second-order valence-corrected chi connectivity index (χ2v) is 5.88. The van der Waals surface area contributed by atoms with E-state index in [2.05, 4.69) is 54.0 Å². The molecule has 7 heteroatoms. The van der Waals surface area contributed by atoms with Crippen LogP contribution in [0.4, 0.5) is 17.6 Å². The van der Waals surface area contributed by atoms with E-state index in [0.717, 1.165) is 57.3 Å². The third kappa shape index (κ3) is 3.25. The lowest BCUT2D eigenvalue weighted by Gasteiger charge is -2.27. The lowest BCUT2D eigenvalue weighted by molar-refractivity contribution is 0.579. The maximum Gasteiger partial charge on any atom is 0.231 e. The summed E-state index contributed by atoms with van der Waals surface area (Å²) < 4.78 is 0. The zero-order chi connectivity index (χ0) is 15.5. The van der Waals surface area contributed by atoms with Gasteiger partial charge in [0, 0.05) is 38.4 Å². The highest BCUT2D eigenvalue weighted by Gasteiger charge is 2.14. The number of fused-ring (bicyclic) bond motifs is 1. The first-order valence-corrected chi connectivity index (χ1v) is 8.13. The van der Waals surface area contributed by atoms with E-state index < -0.39 is 0 Å². The molecule has 23 heavy (non-hydrogen) atoms. The lowest BCUT2D eigenvalue weighted by Crippen LogP contribution is -2.44. The Morgan fingerprint density at radius 3 is 2.83 bits per heavy atom. The molecule has 1 fully saturated rings. The fourth-order valence-electron chi connectivity index (χ4n) is 3.05. The first-order chi connectivity index (χ1) is 11.4. The van der Waals surface area contributed by atoms with Gasteiger partial charge in [0.1, 0.15) is 6.33 Å². The van der Waals surface area contributed by atoms with Crippen LogP contribution in [0, 0.1) is 0 Å². The van der Waals surface area contributed by atoms with Crippen molar-refractivity contribution >= 4 is 17.6 Å². The summed E-state index contributed by atoms with van der Waals surface area (Å²) in [5, 5.41) is 10.0. The lowest BCUT2D eigenvalue weighted by atomic mass is 10.0. The second kappa shape index (κ2) is 6.47. The molecule has 7 nitrogen and oxygen atoms in total. The van der Waals surface area contributed by atoms with Gasteiger partial charge >= 0.3 is 0 Å². The van der Waals surface area contributed by atoms with Gasteiger partial charge in [0.25, 0.3) is 0 Å². The Kier molecular flexibility index (Phi) is 4.04. The Balaban J connectivity index is 1.52. The van der Waals surface area contributed by atoms with Crippen molar-refractivity contribution < 1.29 is 0 Å². The fourth-order valence-corrected chi connectivity index (χ4v) is 3.05. The molecular formula is C16H21N7. The minimum absolute atomic E-state index is 0.595. The van der Waals surface area contributed by atoms with Gasteiger partial charge in [-0.3, -0.25) is 0 Å². The zero-order valence-corrected chi connectivity index (χ0v) is 13.0. The number of nitrogens with one attached hydrogen (secondary N) is 3. The predicted molar refractivity (Wildman–Crippen MR) is 90.0 cm³/mol. The summed E-state index contributed by atoms with van der Waals surface area (Å²) in [5.41, 5.74) is 3.79. The van der Waals surface area contributed by atoms with Crippen LogP contribution < -0.4 is 20.9 Å². The number of anilines is 3. The number of hydrogen-bond donors (Lipinski definition) is 3. The van der Waals surface area contributed by atoms with Gasteiger partial charge in [-0.2, -0.15) is 4.98 Å². The quantitative estimate of drug-likeness (QED) is 0.769. The van der Waals surface area contributed by atoms with Crippen LogP contribution in [0.25, 0.3) is 0 Å². The van der Waals surface area contributed by atoms with E-state index in [9.17, 15) is 0 Å². The van der Waals surface area contributed by atoms with Gasteiger partial charge in [0.05, 0.1) is 0 Å². The molecular weight excluding hydrogens is 290 g/mol. The van der Waals surface area contributed by atoms with Crippen LogP contribution in [-0.4, -0.2) is 47.7 Å². The molecule has 2 aromatic rings. The van der Waals surface area contributed by atoms with Crippen LogP contribution in [0.5, 0.6) is 0 Å². The molecule has 3 heterocycles. The van der Waals surface area contributed by atoms with E-state index in [1.165, 1.54) is 11.1 Å². The van der Waals surface area contributed by atoms with Crippen molar-refractivity contribution in [1.29, 1.82) is 0 Å². The minimum atomic E-state index is 0.595. The number of piperazine rings is 1. The topological polar surface area (TPSA) is 78.0 Å². The van der Waals surface area contributed by atoms with E-state index in [1.54, 1.807) is 6.33 Å². The van der Waals surface area contributed by atoms with Crippen molar-refractivity contribution in [3.63, 3.8) is 0 Å². The second-order valence-electron chi connectivity index (χ2n) is 5.88. The molecule has 3 N–H and O–H groups in total. The first kappa shape index (κ1) is 14.3. The summed E-state index contributed by atoms with van der Waals surface area (Å²) in [6, 6.07) is 6.46. The minimum Gasteiger partial charge on any atom is -0.338 e. The normalized spacial score (nSPS) is 17.7. The van der Waals surface area contributed by atoms with Gasteiger partial charge in [0.2, 0.25) is 11.9 Å². The van der Waals surface area contributed by atoms with Crippen molar-refractivity contribution in [2.45, 2.75) is 13.0 Å². The van der Waals surface area contributed by atoms with Crippen molar-refractivity contribution in [2.24, 2.45) is 0 Å². The average molecular weight is 311 g/mol. The van der Waals surface area contributed by atoms with Gasteiger partial charge in [-0.25, -0.2) is 9.97 Å². The Hall–Kier alpha value is -2.25. The highest BCUT2D eigenvalue weighted by atomic mass is 15.3. The van der Waals surface area contributed by atoms with E-state index in [-0.39, 0.29) is 0 Å². The number of nitrogens with zero attached hydrogens (tertiary/aromatic N) is 4. The maximum atomic E-state index is 4.55. The number of aromatic nitrogens is 3. The summed E-state index contributed by atoms with van der Waals surface area (Å²) in [7, 11) is 0. The van der Waals surface area contributed by atoms with Crippen LogP contribution in [0.1, 0.15) is 11.1 Å². The van der Waals surface area contributed by atoms with Crippen LogP contribution >= 0.6 is 0 Å². The SMILES string of the molecule is c1nc(Nc2ccc3c(c2)CNCC3)nc(N2CCNCC2)n1. The molecule has 0 atom stereocenters. The first-order valence-electron chi connectivity index (χ1n) is 8.13. The molecule has 0 saturated carbocycles. The van der Waals surface area contributed by atoms with E-state index >= 15 is 0 Å².